The molecule has 10 aromatic carbocycles. The number of hydrogen-bond donors (Lipinski definition) is 0. The minimum atomic E-state index is -0.167. The summed E-state index contributed by atoms with van der Waals surface area (Å²) in [6.07, 6.45) is 0. The zero-order valence-electron chi connectivity index (χ0n) is 33.2. The smallest absolute Gasteiger partial charge is 0.0159 e. The van der Waals surface area contributed by atoms with Crippen molar-refractivity contribution in [3.63, 3.8) is 0 Å². The Morgan fingerprint density at radius 1 is 0.333 bits per heavy atom. The molecule has 0 fully saturated rings. The van der Waals surface area contributed by atoms with Gasteiger partial charge < -0.3 is 0 Å². The Balaban J connectivity index is 1.05. The van der Waals surface area contributed by atoms with Gasteiger partial charge in [-0.1, -0.05) is 174 Å². The molecule has 0 unspecified atom stereocenters. The maximum absolute atomic E-state index is 2.49. The van der Waals surface area contributed by atoms with E-state index in [4.69, 9.17) is 0 Å². The Bertz CT molecular complexity index is 3150. The lowest BCUT2D eigenvalue weighted by atomic mass is 9.79. The molecule has 0 atom stereocenters. The van der Waals surface area contributed by atoms with Crippen LogP contribution in [0.4, 0.5) is 0 Å². The van der Waals surface area contributed by atoms with E-state index in [-0.39, 0.29) is 10.8 Å². The molecule has 0 saturated heterocycles. The molecule has 1 aliphatic carbocycles. The second-order valence-corrected chi connectivity index (χ2v) is 17.7. The average molecular weight is 729 g/mol. The molecule has 0 nitrogen and oxygen atoms in total. The van der Waals surface area contributed by atoms with Gasteiger partial charge in [0.05, 0.1) is 0 Å². The topological polar surface area (TPSA) is 0 Å². The SMILES string of the molecule is CC(C)(C)c1cc2ccc3c(-c4ccc5c(c4)C(C)(C)c4cc(-c6cc(-c7ccccc7)cc(-c7ccccc7)c6)ccc4-5)ccc4c5ccccc5c(c1)c2c34. The fourth-order valence-corrected chi connectivity index (χ4v) is 9.86. The van der Waals surface area contributed by atoms with Gasteiger partial charge in [-0.3, -0.25) is 0 Å². The van der Waals surface area contributed by atoms with Crippen molar-refractivity contribution in [2.24, 2.45) is 0 Å². The van der Waals surface area contributed by atoms with Gasteiger partial charge in [-0.15, -0.1) is 0 Å². The largest absolute Gasteiger partial charge is 0.0622 e. The number of hydrogen-bond acceptors (Lipinski definition) is 0. The molecule has 57 heavy (non-hydrogen) atoms. The molecule has 0 radical (unpaired) electrons. The van der Waals surface area contributed by atoms with Crippen LogP contribution in [0.1, 0.15) is 51.3 Å². The molecule has 0 heterocycles. The van der Waals surface area contributed by atoms with Crippen molar-refractivity contribution in [1.29, 1.82) is 0 Å². The lowest BCUT2D eigenvalue weighted by Gasteiger charge is -2.24. The van der Waals surface area contributed by atoms with E-state index in [0.717, 1.165) is 0 Å². The molecule has 0 spiro atoms. The molecule has 0 aromatic heterocycles. The Labute approximate surface area is 335 Å². The molecule has 0 aliphatic heterocycles. The molecule has 0 saturated carbocycles. The van der Waals surface area contributed by atoms with Gasteiger partial charge in [0, 0.05) is 5.41 Å². The highest BCUT2D eigenvalue weighted by atomic mass is 14.4. The standard InChI is InChI=1S/C57H44/c1-56(2,3)43-31-39-22-25-49-44(26-27-50-45-18-12-13-19-46(45)51(34-43)54(39)55(49)50)38-21-24-48-47-23-20-37(32-52(47)57(4,5)53(48)33-38)42-29-40(35-14-8-6-9-15-35)28-41(30-42)36-16-10-7-11-17-36/h6-34H,1-5H3. The second kappa shape index (κ2) is 12.2. The van der Waals surface area contributed by atoms with Crippen LogP contribution in [0.2, 0.25) is 0 Å². The van der Waals surface area contributed by atoms with Crippen LogP contribution in [-0.4, -0.2) is 0 Å². The zero-order valence-corrected chi connectivity index (χ0v) is 33.2. The van der Waals surface area contributed by atoms with Crippen molar-refractivity contribution in [3.05, 3.63) is 193 Å². The first-order valence-corrected chi connectivity index (χ1v) is 20.3. The summed E-state index contributed by atoms with van der Waals surface area (Å²) in [5.41, 5.74) is 16.7. The van der Waals surface area contributed by atoms with Crippen LogP contribution >= 0.6 is 0 Å². The lowest BCUT2D eigenvalue weighted by molar-refractivity contribution is 0.592. The van der Waals surface area contributed by atoms with Crippen molar-refractivity contribution in [2.75, 3.05) is 0 Å². The zero-order chi connectivity index (χ0) is 38.6. The van der Waals surface area contributed by atoms with Crippen LogP contribution in [0, 0.1) is 0 Å². The summed E-state index contributed by atoms with van der Waals surface area (Å²) in [6.45, 7) is 11.8. The lowest BCUT2D eigenvalue weighted by Crippen LogP contribution is -2.15. The van der Waals surface area contributed by atoms with Gasteiger partial charge in [0.25, 0.3) is 0 Å². The van der Waals surface area contributed by atoms with Crippen LogP contribution in [0.25, 0.3) is 98.7 Å². The third-order valence-corrected chi connectivity index (χ3v) is 12.9. The maximum atomic E-state index is 2.49. The summed E-state index contributed by atoms with van der Waals surface area (Å²) >= 11 is 0. The van der Waals surface area contributed by atoms with Crippen LogP contribution in [0.5, 0.6) is 0 Å². The van der Waals surface area contributed by atoms with Gasteiger partial charge >= 0.3 is 0 Å². The Morgan fingerprint density at radius 2 is 0.842 bits per heavy atom. The summed E-state index contributed by atoms with van der Waals surface area (Å²) in [5, 5.41) is 10.7. The molecule has 0 heteroatoms. The summed E-state index contributed by atoms with van der Waals surface area (Å²) in [5.74, 6) is 0. The van der Waals surface area contributed by atoms with Crippen molar-refractivity contribution in [2.45, 2.75) is 45.4 Å². The maximum Gasteiger partial charge on any atom is 0.0159 e. The summed E-state index contributed by atoms with van der Waals surface area (Å²) < 4.78 is 0. The van der Waals surface area contributed by atoms with E-state index >= 15 is 0 Å². The molecule has 272 valence electrons. The van der Waals surface area contributed by atoms with E-state index in [9.17, 15) is 0 Å². The fourth-order valence-electron chi connectivity index (χ4n) is 9.86. The van der Waals surface area contributed by atoms with E-state index in [0.29, 0.717) is 0 Å². The molecule has 1 aliphatic rings. The average Bonchev–Trinajstić information content (AvgIpc) is 3.47. The minimum absolute atomic E-state index is 0.0591. The van der Waals surface area contributed by atoms with Crippen LogP contribution in [0.3, 0.4) is 0 Å². The summed E-state index contributed by atoms with van der Waals surface area (Å²) in [6, 6.07) is 66.3. The quantitative estimate of drug-likeness (QED) is 0.125. The van der Waals surface area contributed by atoms with E-state index in [1.54, 1.807) is 0 Å². The van der Waals surface area contributed by atoms with Crippen molar-refractivity contribution < 1.29 is 0 Å². The first-order chi connectivity index (χ1) is 27.6. The number of fused-ring (bicyclic) bond motifs is 6. The molecule has 0 bridgehead atoms. The minimum Gasteiger partial charge on any atom is -0.0622 e. The second-order valence-electron chi connectivity index (χ2n) is 17.7. The normalized spacial score (nSPS) is 13.5. The first-order valence-electron chi connectivity index (χ1n) is 20.3. The van der Waals surface area contributed by atoms with Crippen molar-refractivity contribution >= 4 is 43.1 Å². The van der Waals surface area contributed by atoms with E-state index in [2.05, 4.69) is 211 Å². The molecule has 10 aromatic rings. The van der Waals surface area contributed by atoms with E-state index in [1.165, 1.54) is 115 Å². The number of rotatable bonds is 4. The van der Waals surface area contributed by atoms with E-state index < -0.39 is 0 Å². The third-order valence-electron chi connectivity index (χ3n) is 12.9. The highest BCUT2D eigenvalue weighted by molar-refractivity contribution is 6.35. The Kier molecular flexibility index (Phi) is 7.26. The molecule has 0 amide bonds. The molecule has 0 N–H and O–H groups in total. The highest BCUT2D eigenvalue weighted by Crippen LogP contribution is 2.52. The van der Waals surface area contributed by atoms with Gasteiger partial charge in [0.2, 0.25) is 0 Å². The Hall–Kier alpha value is -6.50. The molecule has 11 rings (SSSR count). The van der Waals surface area contributed by atoms with E-state index in [1.807, 2.05) is 0 Å². The van der Waals surface area contributed by atoms with Crippen molar-refractivity contribution in [1.82, 2.24) is 0 Å². The monoisotopic (exact) mass is 728 g/mol. The van der Waals surface area contributed by atoms with Gasteiger partial charge in [-0.05, 0) is 157 Å². The first kappa shape index (κ1) is 33.8. The molecular weight excluding hydrogens is 685 g/mol. The predicted molar refractivity (Wildman–Crippen MR) is 246 cm³/mol. The van der Waals surface area contributed by atoms with Gasteiger partial charge in [0.15, 0.2) is 0 Å². The van der Waals surface area contributed by atoms with Crippen LogP contribution in [-0.2, 0) is 10.8 Å². The predicted octanol–water partition coefficient (Wildman–Crippen LogP) is 16.0. The molecular formula is C57H44. The summed E-state index contributed by atoms with van der Waals surface area (Å²) in [7, 11) is 0. The fraction of sp³-hybridized carbons (Fsp3) is 0.123. The van der Waals surface area contributed by atoms with Gasteiger partial charge in [-0.25, -0.2) is 0 Å². The Morgan fingerprint density at radius 3 is 1.46 bits per heavy atom. The third kappa shape index (κ3) is 5.20. The number of benzene rings is 10. The summed E-state index contributed by atoms with van der Waals surface area (Å²) in [4.78, 5) is 0. The van der Waals surface area contributed by atoms with Crippen LogP contribution < -0.4 is 0 Å². The highest BCUT2D eigenvalue weighted by Gasteiger charge is 2.36. The van der Waals surface area contributed by atoms with Crippen molar-refractivity contribution in [3.8, 4) is 55.6 Å². The van der Waals surface area contributed by atoms with Gasteiger partial charge in [0.1, 0.15) is 0 Å². The van der Waals surface area contributed by atoms with Gasteiger partial charge in [-0.2, -0.15) is 0 Å². The van der Waals surface area contributed by atoms with Crippen LogP contribution in [0.15, 0.2) is 176 Å².